The molecule has 0 bridgehead atoms. The van der Waals surface area contributed by atoms with Crippen molar-refractivity contribution >= 4 is 41.2 Å². The molecule has 0 spiro atoms. The van der Waals surface area contributed by atoms with E-state index < -0.39 is 11.9 Å². The summed E-state index contributed by atoms with van der Waals surface area (Å²) >= 11 is 12.5. The van der Waals surface area contributed by atoms with E-state index in [1.807, 2.05) is 24.5 Å². The Labute approximate surface area is 184 Å². The van der Waals surface area contributed by atoms with Gasteiger partial charge in [0.25, 0.3) is 0 Å². The Morgan fingerprint density at radius 3 is 2.37 bits per heavy atom. The zero-order valence-corrected chi connectivity index (χ0v) is 18.1. The second-order valence-corrected chi connectivity index (χ2v) is 7.41. The fraction of sp³-hybridized carbons (Fsp3) is 0.130. The molecule has 154 valence electrons. The van der Waals surface area contributed by atoms with Crippen molar-refractivity contribution in [1.29, 1.82) is 0 Å². The van der Waals surface area contributed by atoms with Crippen molar-refractivity contribution in [2.75, 3.05) is 0 Å². The van der Waals surface area contributed by atoms with Crippen LogP contribution in [0.4, 0.5) is 0 Å². The number of esters is 2. The van der Waals surface area contributed by atoms with Crippen molar-refractivity contribution in [3.8, 4) is 11.4 Å². The Bertz CT molecular complexity index is 1130. The standard InChI is InChI=1S/C23H19Cl2NO4/c1-14-11-17(15(2)26(14)21-13-18(24)9-10-20(21)25)12-22(29-16(3)27)23(28)30-19-7-5-4-6-8-19/h4-13H,1-3H3. The predicted molar refractivity (Wildman–Crippen MR) is 117 cm³/mol. The van der Waals surface area contributed by atoms with Gasteiger partial charge in [-0.25, -0.2) is 4.79 Å². The van der Waals surface area contributed by atoms with Crippen molar-refractivity contribution < 1.29 is 19.1 Å². The van der Waals surface area contributed by atoms with Gasteiger partial charge in [-0.3, -0.25) is 4.79 Å². The second kappa shape index (κ2) is 9.20. The first-order chi connectivity index (χ1) is 14.3. The molecule has 30 heavy (non-hydrogen) atoms. The van der Waals surface area contributed by atoms with E-state index in [1.165, 1.54) is 13.0 Å². The van der Waals surface area contributed by atoms with Crippen LogP contribution in [-0.4, -0.2) is 16.5 Å². The Balaban J connectivity index is 2.02. The van der Waals surface area contributed by atoms with Crippen LogP contribution in [0.5, 0.6) is 5.75 Å². The maximum Gasteiger partial charge on any atom is 0.379 e. The maximum absolute atomic E-state index is 12.6. The summed E-state index contributed by atoms with van der Waals surface area (Å²) in [7, 11) is 0. The fourth-order valence-corrected chi connectivity index (χ4v) is 3.40. The molecular formula is C23H19Cl2NO4. The van der Waals surface area contributed by atoms with Crippen molar-refractivity contribution in [2.24, 2.45) is 0 Å². The number of nitrogens with zero attached hydrogens (tertiary/aromatic N) is 1. The number of hydrogen-bond donors (Lipinski definition) is 0. The first-order valence-electron chi connectivity index (χ1n) is 9.08. The van der Waals surface area contributed by atoms with Gasteiger partial charge in [-0.15, -0.1) is 0 Å². The van der Waals surface area contributed by atoms with Crippen LogP contribution in [0.3, 0.4) is 0 Å². The third-order valence-corrected chi connectivity index (χ3v) is 4.87. The highest BCUT2D eigenvalue weighted by Gasteiger charge is 2.19. The highest BCUT2D eigenvalue weighted by atomic mass is 35.5. The first-order valence-corrected chi connectivity index (χ1v) is 9.83. The molecule has 0 unspecified atom stereocenters. The summed E-state index contributed by atoms with van der Waals surface area (Å²) in [6, 6.07) is 15.6. The Hall–Kier alpha value is -3.02. The summed E-state index contributed by atoms with van der Waals surface area (Å²) in [5.41, 5.74) is 3.03. The van der Waals surface area contributed by atoms with E-state index in [0.29, 0.717) is 27.0 Å². The molecule has 0 radical (unpaired) electrons. The minimum absolute atomic E-state index is 0.219. The number of halogens is 2. The minimum atomic E-state index is -0.776. The van der Waals surface area contributed by atoms with Gasteiger partial charge in [-0.1, -0.05) is 41.4 Å². The van der Waals surface area contributed by atoms with E-state index in [4.69, 9.17) is 32.7 Å². The van der Waals surface area contributed by atoms with Crippen LogP contribution in [0.1, 0.15) is 23.9 Å². The first kappa shape index (κ1) is 21.7. The molecule has 3 rings (SSSR count). The van der Waals surface area contributed by atoms with Crippen molar-refractivity contribution in [1.82, 2.24) is 4.57 Å². The van der Waals surface area contributed by atoms with Crippen LogP contribution in [0, 0.1) is 13.8 Å². The van der Waals surface area contributed by atoms with Crippen LogP contribution in [-0.2, 0) is 14.3 Å². The number of carbonyl (C=O) groups excluding carboxylic acids is 2. The lowest BCUT2D eigenvalue weighted by molar-refractivity contribution is -0.145. The summed E-state index contributed by atoms with van der Waals surface area (Å²) in [5, 5.41) is 1.08. The molecule has 1 heterocycles. The molecular weight excluding hydrogens is 425 g/mol. The van der Waals surface area contributed by atoms with Crippen LogP contribution in [0.15, 0.2) is 60.4 Å². The van der Waals surface area contributed by atoms with E-state index in [2.05, 4.69) is 0 Å². The molecule has 7 heteroatoms. The van der Waals surface area contributed by atoms with Gasteiger partial charge in [-0.05, 0) is 61.9 Å². The number of aromatic nitrogens is 1. The summed E-state index contributed by atoms with van der Waals surface area (Å²) < 4.78 is 12.4. The number of carbonyl (C=O) groups is 2. The molecule has 5 nitrogen and oxygen atoms in total. The summed E-state index contributed by atoms with van der Waals surface area (Å²) in [4.78, 5) is 24.2. The average Bonchev–Trinajstić information content (AvgIpc) is 2.97. The van der Waals surface area contributed by atoms with Crippen molar-refractivity contribution in [3.05, 3.63) is 87.4 Å². The highest BCUT2D eigenvalue weighted by molar-refractivity contribution is 6.34. The second-order valence-electron chi connectivity index (χ2n) is 6.56. The van der Waals surface area contributed by atoms with Crippen LogP contribution >= 0.6 is 23.2 Å². The number of rotatable bonds is 5. The normalized spacial score (nSPS) is 11.3. The van der Waals surface area contributed by atoms with Crippen LogP contribution in [0.2, 0.25) is 10.0 Å². The number of aryl methyl sites for hydroxylation is 1. The fourth-order valence-electron chi connectivity index (χ4n) is 3.03. The molecule has 0 saturated carbocycles. The molecule has 0 aliphatic heterocycles. The third kappa shape index (κ3) is 4.93. The summed E-state index contributed by atoms with van der Waals surface area (Å²) in [6.07, 6.45) is 1.48. The highest BCUT2D eigenvalue weighted by Crippen LogP contribution is 2.30. The number of ether oxygens (including phenoxy) is 2. The smallest absolute Gasteiger partial charge is 0.379 e. The van der Waals surface area contributed by atoms with Crippen molar-refractivity contribution in [2.45, 2.75) is 20.8 Å². The SMILES string of the molecule is CC(=O)OC(=Cc1cc(C)n(-c2cc(Cl)ccc2Cl)c1C)C(=O)Oc1ccccc1. The summed E-state index contributed by atoms with van der Waals surface area (Å²) in [5.74, 6) is -1.28. The Kier molecular flexibility index (Phi) is 6.65. The van der Waals surface area contributed by atoms with E-state index >= 15 is 0 Å². The van der Waals surface area contributed by atoms with Gasteiger partial charge in [0.15, 0.2) is 0 Å². The van der Waals surface area contributed by atoms with Gasteiger partial charge < -0.3 is 14.0 Å². The zero-order chi connectivity index (χ0) is 21.8. The molecule has 3 aromatic rings. The van der Waals surface area contributed by atoms with Crippen LogP contribution in [0.25, 0.3) is 11.8 Å². The third-order valence-electron chi connectivity index (χ3n) is 4.31. The molecule has 0 amide bonds. The maximum atomic E-state index is 12.6. The van der Waals surface area contributed by atoms with Gasteiger partial charge >= 0.3 is 11.9 Å². The number of para-hydroxylation sites is 1. The topological polar surface area (TPSA) is 57.5 Å². The number of hydrogen-bond acceptors (Lipinski definition) is 4. The summed E-state index contributed by atoms with van der Waals surface area (Å²) in [6.45, 7) is 4.98. The van der Waals surface area contributed by atoms with Crippen LogP contribution < -0.4 is 4.74 Å². The predicted octanol–water partition coefficient (Wildman–Crippen LogP) is 5.91. The lowest BCUT2D eigenvalue weighted by atomic mass is 10.2. The van der Waals surface area contributed by atoms with Gasteiger partial charge in [0.05, 0.1) is 10.7 Å². The minimum Gasteiger partial charge on any atom is -0.421 e. The lowest BCUT2D eigenvalue weighted by Crippen LogP contribution is -2.15. The van der Waals surface area contributed by atoms with Crippen molar-refractivity contribution in [3.63, 3.8) is 0 Å². The Morgan fingerprint density at radius 2 is 1.70 bits per heavy atom. The average molecular weight is 444 g/mol. The largest absolute Gasteiger partial charge is 0.421 e. The van der Waals surface area contributed by atoms with Gasteiger partial charge in [0.2, 0.25) is 5.76 Å². The molecule has 0 N–H and O–H groups in total. The monoisotopic (exact) mass is 443 g/mol. The van der Waals surface area contributed by atoms with Gasteiger partial charge in [-0.2, -0.15) is 0 Å². The molecule has 0 fully saturated rings. The number of benzene rings is 2. The quantitative estimate of drug-likeness (QED) is 0.213. The van der Waals surface area contributed by atoms with E-state index in [0.717, 1.165) is 11.4 Å². The molecule has 0 aliphatic carbocycles. The molecule has 2 aromatic carbocycles. The molecule has 1 aromatic heterocycles. The Morgan fingerprint density at radius 1 is 1.00 bits per heavy atom. The zero-order valence-electron chi connectivity index (χ0n) is 16.6. The van der Waals surface area contributed by atoms with E-state index in [-0.39, 0.29) is 5.76 Å². The lowest BCUT2D eigenvalue weighted by Gasteiger charge is -2.12. The molecule has 0 aliphatic rings. The van der Waals surface area contributed by atoms with E-state index in [9.17, 15) is 9.59 Å². The van der Waals surface area contributed by atoms with Gasteiger partial charge in [0.1, 0.15) is 5.75 Å². The van der Waals surface area contributed by atoms with E-state index in [1.54, 1.807) is 48.5 Å². The molecule has 0 atom stereocenters. The molecule has 0 saturated heterocycles. The van der Waals surface area contributed by atoms with Gasteiger partial charge in [0, 0.05) is 23.3 Å².